The largest absolute Gasteiger partial charge is 0.376 e. The second-order valence-electron chi connectivity index (χ2n) is 4.09. The van der Waals surface area contributed by atoms with Crippen LogP contribution >= 0.6 is 0 Å². The first kappa shape index (κ1) is 11.6. The number of rotatable bonds is 2. The molecular formula is C11H13N3O3. The van der Waals surface area contributed by atoms with E-state index < -0.39 is 11.2 Å². The summed E-state index contributed by atoms with van der Waals surface area (Å²) in [6, 6.07) is 1.79. The Labute approximate surface area is 97.7 Å². The lowest BCUT2D eigenvalue weighted by Crippen LogP contribution is -2.40. The molecule has 0 aliphatic carbocycles. The van der Waals surface area contributed by atoms with E-state index in [0.717, 1.165) is 17.4 Å². The molecule has 0 aromatic carbocycles. The zero-order chi connectivity index (χ0) is 12.4. The van der Waals surface area contributed by atoms with Gasteiger partial charge in [0.05, 0.1) is 12.6 Å². The van der Waals surface area contributed by atoms with E-state index in [0.29, 0.717) is 13.2 Å². The zero-order valence-corrected chi connectivity index (χ0v) is 9.55. The molecule has 0 unspecified atom stereocenters. The van der Waals surface area contributed by atoms with Crippen molar-refractivity contribution >= 4 is 0 Å². The summed E-state index contributed by atoms with van der Waals surface area (Å²) in [5.41, 5.74) is -0.990. The van der Waals surface area contributed by atoms with Crippen LogP contribution in [0.15, 0.2) is 15.8 Å². The molecule has 0 amide bonds. The van der Waals surface area contributed by atoms with E-state index in [-0.39, 0.29) is 11.7 Å². The molecule has 1 aliphatic heterocycles. The van der Waals surface area contributed by atoms with Gasteiger partial charge >= 0.3 is 5.69 Å². The SMILES string of the molecule is Cn1c(=O)c(C#N)cn(C[C@@H]2CCCO2)c1=O. The average Bonchev–Trinajstić information content (AvgIpc) is 2.83. The van der Waals surface area contributed by atoms with Crippen LogP contribution in [0.3, 0.4) is 0 Å². The third-order valence-corrected chi connectivity index (χ3v) is 2.90. The van der Waals surface area contributed by atoms with Gasteiger partial charge in [-0.3, -0.25) is 13.9 Å². The Morgan fingerprint density at radius 2 is 2.35 bits per heavy atom. The Morgan fingerprint density at radius 1 is 1.59 bits per heavy atom. The molecule has 1 fully saturated rings. The van der Waals surface area contributed by atoms with Crippen LogP contribution in [0.25, 0.3) is 0 Å². The Hall–Kier alpha value is -1.87. The zero-order valence-electron chi connectivity index (χ0n) is 9.55. The van der Waals surface area contributed by atoms with Crippen LogP contribution in [0.2, 0.25) is 0 Å². The Balaban J connectivity index is 2.40. The number of hydrogen-bond acceptors (Lipinski definition) is 4. The van der Waals surface area contributed by atoms with E-state index >= 15 is 0 Å². The summed E-state index contributed by atoms with van der Waals surface area (Å²) in [6.45, 7) is 1.10. The number of nitriles is 1. The lowest BCUT2D eigenvalue weighted by atomic mass is 10.2. The smallest absolute Gasteiger partial charge is 0.330 e. The maximum absolute atomic E-state index is 11.8. The van der Waals surface area contributed by atoms with E-state index in [1.807, 2.05) is 0 Å². The van der Waals surface area contributed by atoms with E-state index in [2.05, 4.69) is 0 Å². The second kappa shape index (κ2) is 4.55. The predicted octanol–water partition coefficient (Wildman–Crippen LogP) is -0.402. The van der Waals surface area contributed by atoms with Crippen molar-refractivity contribution in [2.45, 2.75) is 25.5 Å². The van der Waals surface area contributed by atoms with Gasteiger partial charge in [0.25, 0.3) is 5.56 Å². The van der Waals surface area contributed by atoms with Crippen LogP contribution < -0.4 is 11.2 Å². The molecule has 6 nitrogen and oxygen atoms in total. The summed E-state index contributed by atoms with van der Waals surface area (Å²) < 4.78 is 7.75. The average molecular weight is 235 g/mol. The number of ether oxygens (including phenoxy) is 1. The minimum absolute atomic E-state index is 0.00301. The summed E-state index contributed by atoms with van der Waals surface area (Å²) in [6.07, 6.45) is 3.19. The molecule has 1 aromatic rings. The van der Waals surface area contributed by atoms with Crippen molar-refractivity contribution in [1.29, 1.82) is 5.26 Å². The van der Waals surface area contributed by atoms with Crippen molar-refractivity contribution in [2.75, 3.05) is 6.61 Å². The van der Waals surface area contributed by atoms with Gasteiger partial charge in [0.15, 0.2) is 0 Å². The fraction of sp³-hybridized carbons (Fsp3) is 0.545. The van der Waals surface area contributed by atoms with E-state index in [1.54, 1.807) is 6.07 Å². The highest BCUT2D eigenvalue weighted by Gasteiger charge is 2.18. The highest BCUT2D eigenvalue weighted by atomic mass is 16.5. The number of hydrogen-bond donors (Lipinski definition) is 0. The van der Waals surface area contributed by atoms with Crippen LogP contribution in [0, 0.1) is 11.3 Å². The van der Waals surface area contributed by atoms with Crippen LogP contribution in [-0.2, 0) is 18.3 Å². The topological polar surface area (TPSA) is 77.0 Å². The lowest BCUT2D eigenvalue weighted by Gasteiger charge is -2.12. The Morgan fingerprint density at radius 3 is 2.94 bits per heavy atom. The molecule has 0 spiro atoms. The number of aromatic nitrogens is 2. The Bertz CT molecular complexity index is 573. The normalized spacial score (nSPS) is 19.2. The molecule has 0 radical (unpaired) electrons. The van der Waals surface area contributed by atoms with Crippen LogP contribution in [0.4, 0.5) is 0 Å². The molecule has 1 aliphatic rings. The van der Waals surface area contributed by atoms with E-state index in [9.17, 15) is 9.59 Å². The van der Waals surface area contributed by atoms with Gasteiger partial charge in [0, 0.05) is 19.9 Å². The van der Waals surface area contributed by atoms with Crippen molar-refractivity contribution in [3.05, 3.63) is 32.6 Å². The van der Waals surface area contributed by atoms with Gasteiger partial charge in [0.1, 0.15) is 11.6 Å². The molecule has 0 N–H and O–H groups in total. The van der Waals surface area contributed by atoms with E-state index in [4.69, 9.17) is 10.00 Å². The molecule has 0 bridgehead atoms. The van der Waals surface area contributed by atoms with E-state index in [1.165, 1.54) is 17.8 Å². The standard InChI is InChI=1S/C11H13N3O3/c1-13-10(15)8(5-12)6-14(11(13)16)7-9-3-2-4-17-9/h6,9H,2-4,7H2,1H3/t9-/m0/s1. The maximum atomic E-state index is 11.8. The van der Waals surface area contributed by atoms with Gasteiger partial charge in [-0.05, 0) is 12.8 Å². The molecule has 2 heterocycles. The first-order valence-corrected chi connectivity index (χ1v) is 5.45. The predicted molar refractivity (Wildman–Crippen MR) is 59.6 cm³/mol. The summed E-state index contributed by atoms with van der Waals surface area (Å²) in [4.78, 5) is 23.3. The molecule has 17 heavy (non-hydrogen) atoms. The quantitative estimate of drug-likeness (QED) is 0.698. The van der Waals surface area contributed by atoms with Crippen LogP contribution in [0.5, 0.6) is 0 Å². The maximum Gasteiger partial charge on any atom is 0.330 e. The highest BCUT2D eigenvalue weighted by Crippen LogP contribution is 2.12. The van der Waals surface area contributed by atoms with Gasteiger partial charge in [-0.1, -0.05) is 0 Å². The first-order valence-electron chi connectivity index (χ1n) is 5.45. The third kappa shape index (κ3) is 2.15. The number of nitrogens with zero attached hydrogens (tertiary/aromatic N) is 3. The minimum Gasteiger partial charge on any atom is -0.376 e. The lowest BCUT2D eigenvalue weighted by molar-refractivity contribution is 0.0954. The monoisotopic (exact) mass is 235 g/mol. The van der Waals surface area contributed by atoms with Crippen molar-refractivity contribution in [2.24, 2.45) is 7.05 Å². The molecule has 1 atom stereocenters. The van der Waals surface area contributed by atoms with Gasteiger partial charge in [-0.25, -0.2) is 4.79 Å². The van der Waals surface area contributed by atoms with Gasteiger partial charge in [-0.2, -0.15) is 5.26 Å². The molecule has 2 rings (SSSR count). The molecule has 6 heteroatoms. The van der Waals surface area contributed by atoms with Crippen molar-refractivity contribution in [3.63, 3.8) is 0 Å². The van der Waals surface area contributed by atoms with Crippen LogP contribution in [-0.4, -0.2) is 21.8 Å². The molecule has 90 valence electrons. The summed E-state index contributed by atoms with van der Waals surface area (Å²) in [7, 11) is 1.37. The van der Waals surface area contributed by atoms with Gasteiger partial charge in [0.2, 0.25) is 0 Å². The first-order chi connectivity index (χ1) is 8.13. The fourth-order valence-corrected chi connectivity index (χ4v) is 1.94. The summed E-state index contributed by atoms with van der Waals surface area (Å²) >= 11 is 0. The Kier molecular flexibility index (Phi) is 3.11. The van der Waals surface area contributed by atoms with Gasteiger partial charge in [-0.15, -0.1) is 0 Å². The molecular weight excluding hydrogens is 222 g/mol. The fourth-order valence-electron chi connectivity index (χ4n) is 1.94. The van der Waals surface area contributed by atoms with Gasteiger partial charge < -0.3 is 4.74 Å². The highest BCUT2D eigenvalue weighted by molar-refractivity contribution is 5.22. The second-order valence-corrected chi connectivity index (χ2v) is 4.09. The summed E-state index contributed by atoms with van der Waals surface area (Å²) in [5, 5.41) is 8.81. The van der Waals surface area contributed by atoms with Crippen molar-refractivity contribution < 1.29 is 4.74 Å². The van der Waals surface area contributed by atoms with Crippen molar-refractivity contribution in [3.8, 4) is 6.07 Å². The molecule has 1 aromatic heterocycles. The van der Waals surface area contributed by atoms with Crippen molar-refractivity contribution in [1.82, 2.24) is 9.13 Å². The molecule has 0 saturated carbocycles. The molecule has 1 saturated heterocycles. The van der Waals surface area contributed by atoms with Crippen LogP contribution in [0.1, 0.15) is 18.4 Å². The third-order valence-electron chi connectivity index (χ3n) is 2.90. The minimum atomic E-state index is -0.555. The summed E-state index contributed by atoms with van der Waals surface area (Å²) in [5.74, 6) is 0.